The fourth-order valence-electron chi connectivity index (χ4n) is 1.93. The standard InChI is InChI=1S/C16H17NO3/c1-10-4-5-11(2)15(12(10)3)20-9-14-7-6-13(8-17-14)16(18)19/h4-8H,9H2,1-3H3,(H,18,19). The van der Waals surface area contributed by atoms with Crippen LogP contribution in [0.25, 0.3) is 0 Å². The van der Waals surface area contributed by atoms with Gasteiger partial charge in [-0.1, -0.05) is 12.1 Å². The van der Waals surface area contributed by atoms with E-state index in [2.05, 4.69) is 11.1 Å². The summed E-state index contributed by atoms with van der Waals surface area (Å²) in [6.45, 7) is 6.40. The Labute approximate surface area is 118 Å². The predicted molar refractivity (Wildman–Crippen MR) is 76.2 cm³/mol. The van der Waals surface area contributed by atoms with Crippen LogP contribution >= 0.6 is 0 Å². The molecule has 1 aromatic carbocycles. The minimum atomic E-state index is -0.977. The van der Waals surface area contributed by atoms with Crippen LogP contribution in [0.3, 0.4) is 0 Å². The van der Waals surface area contributed by atoms with Gasteiger partial charge in [0.25, 0.3) is 0 Å². The van der Waals surface area contributed by atoms with E-state index in [-0.39, 0.29) is 5.56 Å². The first-order valence-electron chi connectivity index (χ1n) is 6.37. The van der Waals surface area contributed by atoms with Gasteiger partial charge in [-0.3, -0.25) is 4.98 Å². The average Bonchev–Trinajstić information content (AvgIpc) is 2.43. The van der Waals surface area contributed by atoms with Gasteiger partial charge in [0.1, 0.15) is 12.4 Å². The molecule has 0 saturated carbocycles. The minimum Gasteiger partial charge on any atom is -0.487 e. The Morgan fingerprint density at radius 1 is 1.15 bits per heavy atom. The smallest absolute Gasteiger partial charge is 0.337 e. The molecule has 0 fully saturated rings. The fourth-order valence-corrected chi connectivity index (χ4v) is 1.93. The highest BCUT2D eigenvalue weighted by atomic mass is 16.5. The van der Waals surface area contributed by atoms with Crippen molar-refractivity contribution in [3.05, 3.63) is 58.4 Å². The van der Waals surface area contributed by atoms with Crippen molar-refractivity contribution in [2.75, 3.05) is 0 Å². The molecular formula is C16H17NO3. The number of carboxylic acid groups (broad SMARTS) is 1. The second-order valence-electron chi connectivity index (χ2n) is 4.79. The van der Waals surface area contributed by atoms with Crippen LogP contribution in [0, 0.1) is 20.8 Å². The maximum absolute atomic E-state index is 10.7. The summed E-state index contributed by atoms with van der Waals surface area (Å²) in [6.07, 6.45) is 1.34. The fraction of sp³-hybridized carbons (Fsp3) is 0.250. The molecular weight excluding hydrogens is 254 g/mol. The minimum absolute atomic E-state index is 0.177. The summed E-state index contributed by atoms with van der Waals surface area (Å²) in [5.41, 5.74) is 4.26. The van der Waals surface area contributed by atoms with Crippen LogP contribution in [-0.4, -0.2) is 16.1 Å². The van der Waals surface area contributed by atoms with Gasteiger partial charge in [0.05, 0.1) is 11.3 Å². The Bertz CT molecular complexity index is 633. The first-order valence-corrected chi connectivity index (χ1v) is 6.37. The Morgan fingerprint density at radius 3 is 2.45 bits per heavy atom. The molecule has 0 aliphatic heterocycles. The summed E-state index contributed by atoms with van der Waals surface area (Å²) in [5, 5.41) is 8.82. The number of aromatic nitrogens is 1. The Balaban J connectivity index is 2.13. The molecule has 0 spiro atoms. The molecule has 20 heavy (non-hydrogen) atoms. The van der Waals surface area contributed by atoms with E-state index in [9.17, 15) is 4.79 Å². The van der Waals surface area contributed by atoms with E-state index in [1.807, 2.05) is 26.8 Å². The normalized spacial score (nSPS) is 10.3. The van der Waals surface area contributed by atoms with Crippen LogP contribution in [0.2, 0.25) is 0 Å². The molecule has 0 saturated heterocycles. The van der Waals surface area contributed by atoms with Crippen molar-refractivity contribution in [3.8, 4) is 5.75 Å². The molecule has 0 aliphatic rings. The molecule has 4 heteroatoms. The van der Waals surface area contributed by atoms with Crippen molar-refractivity contribution in [3.63, 3.8) is 0 Å². The first kappa shape index (κ1) is 14.1. The molecule has 1 N–H and O–H groups in total. The lowest BCUT2D eigenvalue weighted by molar-refractivity contribution is 0.0696. The lowest BCUT2D eigenvalue weighted by Gasteiger charge is -2.13. The van der Waals surface area contributed by atoms with E-state index in [0.29, 0.717) is 12.3 Å². The lowest BCUT2D eigenvalue weighted by atomic mass is 10.1. The molecule has 1 aromatic heterocycles. The number of benzene rings is 1. The third-order valence-electron chi connectivity index (χ3n) is 3.31. The van der Waals surface area contributed by atoms with Crippen molar-refractivity contribution in [2.45, 2.75) is 27.4 Å². The van der Waals surface area contributed by atoms with Crippen LogP contribution in [0.5, 0.6) is 5.75 Å². The lowest BCUT2D eigenvalue weighted by Crippen LogP contribution is -2.03. The van der Waals surface area contributed by atoms with Gasteiger partial charge in [-0.25, -0.2) is 4.79 Å². The second-order valence-corrected chi connectivity index (χ2v) is 4.79. The summed E-state index contributed by atoms with van der Waals surface area (Å²) in [7, 11) is 0. The summed E-state index contributed by atoms with van der Waals surface area (Å²) in [5.74, 6) is -0.107. The van der Waals surface area contributed by atoms with Crippen LogP contribution in [0.15, 0.2) is 30.5 Å². The molecule has 0 bridgehead atoms. The maximum Gasteiger partial charge on any atom is 0.337 e. The summed E-state index contributed by atoms with van der Waals surface area (Å²) < 4.78 is 5.82. The molecule has 4 nitrogen and oxygen atoms in total. The number of carboxylic acids is 1. The largest absolute Gasteiger partial charge is 0.487 e. The Morgan fingerprint density at radius 2 is 1.85 bits per heavy atom. The van der Waals surface area contributed by atoms with E-state index in [4.69, 9.17) is 9.84 Å². The number of pyridine rings is 1. The number of nitrogens with zero attached hydrogens (tertiary/aromatic N) is 1. The summed E-state index contributed by atoms with van der Waals surface area (Å²) in [6, 6.07) is 7.30. The molecule has 1 heterocycles. The average molecular weight is 271 g/mol. The van der Waals surface area contributed by atoms with Gasteiger partial charge >= 0.3 is 5.97 Å². The zero-order valence-electron chi connectivity index (χ0n) is 11.8. The monoisotopic (exact) mass is 271 g/mol. The zero-order valence-corrected chi connectivity index (χ0v) is 11.8. The third kappa shape index (κ3) is 2.96. The topological polar surface area (TPSA) is 59.4 Å². The molecule has 104 valence electrons. The van der Waals surface area contributed by atoms with E-state index in [0.717, 1.165) is 16.9 Å². The van der Waals surface area contributed by atoms with Gasteiger partial charge in [0.2, 0.25) is 0 Å². The first-order chi connectivity index (χ1) is 9.49. The van der Waals surface area contributed by atoms with Crippen molar-refractivity contribution >= 4 is 5.97 Å². The Hall–Kier alpha value is -2.36. The molecule has 0 aliphatic carbocycles. The predicted octanol–water partition coefficient (Wildman–Crippen LogP) is 3.28. The molecule has 0 atom stereocenters. The molecule has 0 unspecified atom stereocenters. The highest BCUT2D eigenvalue weighted by Gasteiger charge is 2.08. The van der Waals surface area contributed by atoms with Crippen LogP contribution in [-0.2, 0) is 6.61 Å². The van der Waals surface area contributed by atoms with Crippen molar-refractivity contribution in [1.29, 1.82) is 0 Å². The van der Waals surface area contributed by atoms with Crippen molar-refractivity contribution in [2.24, 2.45) is 0 Å². The van der Waals surface area contributed by atoms with Gasteiger partial charge in [-0.05, 0) is 49.6 Å². The highest BCUT2D eigenvalue weighted by molar-refractivity contribution is 5.87. The van der Waals surface area contributed by atoms with Gasteiger partial charge in [0.15, 0.2) is 0 Å². The number of ether oxygens (including phenoxy) is 1. The van der Waals surface area contributed by atoms with E-state index in [1.165, 1.54) is 17.8 Å². The SMILES string of the molecule is Cc1ccc(C)c(OCc2ccc(C(=O)O)cn2)c1C. The third-order valence-corrected chi connectivity index (χ3v) is 3.31. The highest BCUT2D eigenvalue weighted by Crippen LogP contribution is 2.26. The second kappa shape index (κ2) is 5.74. The van der Waals surface area contributed by atoms with E-state index in [1.54, 1.807) is 6.07 Å². The van der Waals surface area contributed by atoms with Gasteiger partial charge in [-0.2, -0.15) is 0 Å². The quantitative estimate of drug-likeness (QED) is 0.927. The summed E-state index contributed by atoms with van der Waals surface area (Å²) >= 11 is 0. The van der Waals surface area contributed by atoms with Crippen molar-refractivity contribution in [1.82, 2.24) is 4.98 Å². The molecule has 0 radical (unpaired) electrons. The zero-order chi connectivity index (χ0) is 14.7. The van der Waals surface area contributed by atoms with E-state index >= 15 is 0 Å². The van der Waals surface area contributed by atoms with Crippen LogP contribution in [0.4, 0.5) is 0 Å². The Kier molecular flexibility index (Phi) is 4.03. The molecule has 2 rings (SSSR count). The van der Waals surface area contributed by atoms with Crippen LogP contribution in [0.1, 0.15) is 32.7 Å². The number of aryl methyl sites for hydroxylation is 2. The molecule has 2 aromatic rings. The molecule has 0 amide bonds. The summed E-state index contributed by atoms with van der Waals surface area (Å²) in [4.78, 5) is 14.8. The number of rotatable bonds is 4. The van der Waals surface area contributed by atoms with Crippen LogP contribution < -0.4 is 4.74 Å². The van der Waals surface area contributed by atoms with E-state index < -0.39 is 5.97 Å². The van der Waals surface area contributed by atoms with Gasteiger partial charge in [0, 0.05) is 6.20 Å². The van der Waals surface area contributed by atoms with Gasteiger partial charge in [-0.15, -0.1) is 0 Å². The number of hydrogen-bond acceptors (Lipinski definition) is 3. The number of aromatic carboxylic acids is 1. The van der Waals surface area contributed by atoms with Crippen molar-refractivity contribution < 1.29 is 14.6 Å². The van der Waals surface area contributed by atoms with Gasteiger partial charge < -0.3 is 9.84 Å². The maximum atomic E-state index is 10.7. The number of carbonyl (C=O) groups is 1. The number of hydrogen-bond donors (Lipinski definition) is 1.